The van der Waals surface area contributed by atoms with Crippen LogP contribution in [0.5, 0.6) is 0 Å². The van der Waals surface area contributed by atoms with Crippen LogP contribution < -0.4 is 5.32 Å². The highest BCUT2D eigenvalue weighted by Crippen LogP contribution is 2.36. The molecule has 1 saturated carbocycles. The molecule has 18 heavy (non-hydrogen) atoms. The minimum absolute atomic E-state index is 0.0241. The molecule has 0 unspecified atom stereocenters. The summed E-state index contributed by atoms with van der Waals surface area (Å²) in [7, 11) is 0. The van der Waals surface area contributed by atoms with E-state index in [0.717, 1.165) is 19.3 Å². The zero-order valence-electron chi connectivity index (χ0n) is 10.3. The van der Waals surface area contributed by atoms with Crippen molar-refractivity contribution in [3.8, 4) is 0 Å². The van der Waals surface area contributed by atoms with E-state index in [-0.39, 0.29) is 18.4 Å². The lowest BCUT2D eigenvalue weighted by Crippen LogP contribution is -2.38. The molecule has 5 heteroatoms. The van der Waals surface area contributed by atoms with E-state index in [4.69, 9.17) is 0 Å². The molecule has 2 heterocycles. The Morgan fingerprint density at radius 1 is 1.39 bits per heavy atom. The van der Waals surface area contributed by atoms with E-state index in [0.29, 0.717) is 24.8 Å². The van der Waals surface area contributed by atoms with Crippen LogP contribution in [0.25, 0.3) is 0 Å². The van der Waals surface area contributed by atoms with Crippen LogP contribution in [0.4, 0.5) is 0 Å². The largest absolute Gasteiger partial charge is 0.354 e. The molecule has 1 N–H and O–H groups in total. The van der Waals surface area contributed by atoms with Crippen molar-refractivity contribution in [1.82, 2.24) is 14.8 Å². The summed E-state index contributed by atoms with van der Waals surface area (Å²) in [5, 5.41) is 2.78. The Morgan fingerprint density at radius 3 is 3.00 bits per heavy atom. The van der Waals surface area contributed by atoms with Gasteiger partial charge in [-0.25, -0.2) is 0 Å². The lowest BCUT2D eigenvalue weighted by molar-refractivity contribution is -0.121. The van der Waals surface area contributed by atoms with Crippen molar-refractivity contribution >= 4 is 11.8 Å². The minimum Gasteiger partial charge on any atom is -0.354 e. The van der Waals surface area contributed by atoms with E-state index in [2.05, 4.69) is 5.32 Å². The van der Waals surface area contributed by atoms with Gasteiger partial charge in [-0.2, -0.15) is 0 Å². The molecule has 2 aliphatic rings. The van der Waals surface area contributed by atoms with Gasteiger partial charge in [0.05, 0.1) is 6.54 Å². The van der Waals surface area contributed by atoms with Gasteiger partial charge in [0.25, 0.3) is 5.91 Å². The lowest BCUT2D eigenvalue weighted by Gasteiger charge is -2.20. The summed E-state index contributed by atoms with van der Waals surface area (Å²) in [6.45, 7) is 1.48. The van der Waals surface area contributed by atoms with Crippen LogP contribution in [0.1, 0.15) is 35.8 Å². The quantitative estimate of drug-likeness (QED) is 0.840. The monoisotopic (exact) mass is 247 g/mol. The van der Waals surface area contributed by atoms with Crippen LogP contribution in [0.3, 0.4) is 0 Å². The number of nitrogens with one attached hydrogen (secondary N) is 1. The number of hydrogen-bond acceptors (Lipinski definition) is 2. The fourth-order valence-corrected chi connectivity index (χ4v) is 2.39. The molecular weight excluding hydrogens is 230 g/mol. The normalized spacial score (nSPS) is 20.4. The minimum atomic E-state index is -0.0645. The highest BCUT2D eigenvalue weighted by Gasteiger charge is 2.29. The van der Waals surface area contributed by atoms with Crippen molar-refractivity contribution in [2.75, 3.05) is 19.6 Å². The Balaban J connectivity index is 1.80. The zero-order chi connectivity index (χ0) is 12.5. The van der Waals surface area contributed by atoms with Crippen LogP contribution in [-0.4, -0.2) is 40.9 Å². The Hall–Kier alpha value is -1.78. The first-order chi connectivity index (χ1) is 8.75. The van der Waals surface area contributed by atoms with Gasteiger partial charge in [0.2, 0.25) is 5.91 Å². The van der Waals surface area contributed by atoms with Crippen molar-refractivity contribution < 1.29 is 9.59 Å². The third-order valence-electron chi connectivity index (χ3n) is 3.49. The number of nitrogens with zero attached hydrogens (tertiary/aromatic N) is 2. The van der Waals surface area contributed by atoms with Crippen molar-refractivity contribution in [1.29, 1.82) is 0 Å². The molecule has 0 atom stereocenters. The van der Waals surface area contributed by atoms with Crippen LogP contribution >= 0.6 is 0 Å². The smallest absolute Gasteiger partial charge is 0.270 e. The van der Waals surface area contributed by atoms with Crippen LogP contribution in [0, 0.1) is 0 Å². The summed E-state index contributed by atoms with van der Waals surface area (Å²) >= 11 is 0. The first-order valence-electron chi connectivity index (χ1n) is 6.48. The molecule has 1 saturated heterocycles. The summed E-state index contributed by atoms with van der Waals surface area (Å²) in [5.41, 5.74) is 0.715. The topological polar surface area (TPSA) is 54.3 Å². The summed E-state index contributed by atoms with van der Waals surface area (Å²) in [6.07, 6.45) is 5.08. The molecule has 1 aromatic rings. The predicted molar refractivity (Wildman–Crippen MR) is 66.2 cm³/mol. The van der Waals surface area contributed by atoms with Gasteiger partial charge < -0.3 is 14.8 Å². The van der Waals surface area contributed by atoms with Crippen molar-refractivity contribution in [3.05, 3.63) is 24.0 Å². The fraction of sp³-hybridized carbons (Fsp3) is 0.538. The first-order valence-corrected chi connectivity index (χ1v) is 6.48. The standard InChI is InChI=1S/C13H17N3O2/c17-12-9-15(7-2-6-14-12)13(18)11-3-1-8-16(11)10-4-5-10/h1,3,8,10H,2,4-7,9H2,(H,14,17). The average molecular weight is 247 g/mol. The highest BCUT2D eigenvalue weighted by atomic mass is 16.2. The van der Waals surface area contributed by atoms with Crippen LogP contribution in [-0.2, 0) is 4.79 Å². The fourth-order valence-electron chi connectivity index (χ4n) is 2.39. The van der Waals surface area contributed by atoms with E-state index in [1.165, 1.54) is 0 Å². The van der Waals surface area contributed by atoms with Crippen molar-refractivity contribution in [3.63, 3.8) is 0 Å². The number of carbonyl (C=O) groups is 2. The second-order valence-electron chi connectivity index (χ2n) is 4.96. The number of hydrogen-bond donors (Lipinski definition) is 1. The Bertz CT molecular complexity index is 476. The Labute approximate surface area is 106 Å². The van der Waals surface area contributed by atoms with Gasteiger partial charge >= 0.3 is 0 Å². The van der Waals surface area contributed by atoms with Gasteiger partial charge in [-0.1, -0.05) is 0 Å². The number of carbonyl (C=O) groups excluding carboxylic acids is 2. The van der Waals surface area contributed by atoms with Crippen molar-refractivity contribution in [2.45, 2.75) is 25.3 Å². The summed E-state index contributed by atoms with van der Waals surface area (Å²) < 4.78 is 2.05. The van der Waals surface area contributed by atoms with E-state index >= 15 is 0 Å². The molecular formula is C13H17N3O2. The molecule has 1 aliphatic heterocycles. The second-order valence-corrected chi connectivity index (χ2v) is 4.96. The van der Waals surface area contributed by atoms with E-state index < -0.39 is 0 Å². The van der Waals surface area contributed by atoms with Crippen LogP contribution in [0.15, 0.2) is 18.3 Å². The SMILES string of the molecule is O=C1CN(C(=O)c2cccn2C2CC2)CCCN1. The molecule has 0 spiro atoms. The molecule has 96 valence electrons. The summed E-state index contributed by atoms with van der Waals surface area (Å²) in [6, 6.07) is 4.24. The maximum atomic E-state index is 12.4. The first kappa shape index (κ1) is 11.3. The van der Waals surface area contributed by atoms with Gasteiger partial charge in [0.1, 0.15) is 5.69 Å². The lowest BCUT2D eigenvalue weighted by atomic mass is 10.3. The van der Waals surface area contributed by atoms with Gasteiger partial charge in [0.15, 0.2) is 0 Å². The maximum Gasteiger partial charge on any atom is 0.270 e. The number of aromatic nitrogens is 1. The molecule has 1 aliphatic carbocycles. The number of rotatable bonds is 2. The predicted octanol–water partition coefficient (Wildman–Crippen LogP) is 0.785. The Kier molecular flexibility index (Phi) is 2.81. The van der Waals surface area contributed by atoms with Gasteiger partial charge in [-0.05, 0) is 31.4 Å². The number of amides is 2. The van der Waals surface area contributed by atoms with Crippen molar-refractivity contribution in [2.24, 2.45) is 0 Å². The molecule has 2 amide bonds. The summed E-state index contributed by atoms with van der Waals surface area (Å²) in [4.78, 5) is 25.6. The third-order valence-corrected chi connectivity index (χ3v) is 3.49. The second kappa shape index (κ2) is 4.48. The Morgan fingerprint density at radius 2 is 2.22 bits per heavy atom. The molecule has 0 aromatic carbocycles. The molecule has 5 nitrogen and oxygen atoms in total. The summed E-state index contributed by atoms with van der Waals surface area (Å²) in [5.74, 6) is -0.0886. The third kappa shape index (κ3) is 2.12. The van der Waals surface area contributed by atoms with Gasteiger partial charge in [-0.15, -0.1) is 0 Å². The van der Waals surface area contributed by atoms with Gasteiger partial charge in [0, 0.05) is 25.3 Å². The molecule has 1 aromatic heterocycles. The molecule has 0 radical (unpaired) electrons. The highest BCUT2D eigenvalue weighted by molar-refractivity contribution is 5.95. The molecule has 3 rings (SSSR count). The average Bonchev–Trinajstić information content (AvgIpc) is 3.13. The van der Waals surface area contributed by atoms with Gasteiger partial charge in [-0.3, -0.25) is 9.59 Å². The molecule has 0 bridgehead atoms. The van der Waals surface area contributed by atoms with E-state index in [9.17, 15) is 9.59 Å². The van der Waals surface area contributed by atoms with E-state index in [1.54, 1.807) is 4.90 Å². The van der Waals surface area contributed by atoms with Crippen LogP contribution in [0.2, 0.25) is 0 Å². The van der Waals surface area contributed by atoms with E-state index in [1.807, 2.05) is 22.9 Å². The zero-order valence-corrected chi connectivity index (χ0v) is 10.3. The molecule has 2 fully saturated rings. The maximum absolute atomic E-state index is 12.4.